The maximum Gasteiger partial charge on any atom is 0.269 e. The second-order valence-electron chi connectivity index (χ2n) is 6.11. The molecule has 0 aliphatic carbocycles. The van der Waals surface area contributed by atoms with Gasteiger partial charge in [0.15, 0.2) is 0 Å². The van der Waals surface area contributed by atoms with Crippen molar-refractivity contribution in [3.63, 3.8) is 0 Å². The summed E-state index contributed by atoms with van der Waals surface area (Å²) in [6.45, 7) is 2.64. The van der Waals surface area contributed by atoms with E-state index in [1.54, 1.807) is 12.1 Å². The molecule has 1 aliphatic rings. The van der Waals surface area contributed by atoms with E-state index in [0.29, 0.717) is 11.7 Å². The highest BCUT2D eigenvalue weighted by molar-refractivity contribution is 7.14. The van der Waals surface area contributed by atoms with Gasteiger partial charge >= 0.3 is 0 Å². The number of nitro groups is 1. The molecular formula is C19H16N4O3S. The Bertz CT molecular complexity index is 1030. The molecule has 2 heterocycles. The smallest absolute Gasteiger partial charge is 0.269 e. The number of benzene rings is 2. The number of hydrogen-bond acceptors (Lipinski definition) is 7. The summed E-state index contributed by atoms with van der Waals surface area (Å²) in [7, 11) is 0. The van der Waals surface area contributed by atoms with Gasteiger partial charge in [-0.25, -0.2) is 4.98 Å². The molecule has 2 aromatic carbocycles. The van der Waals surface area contributed by atoms with Crippen LogP contribution in [0.5, 0.6) is 5.75 Å². The number of rotatable bonds is 4. The monoisotopic (exact) mass is 380 g/mol. The summed E-state index contributed by atoms with van der Waals surface area (Å²) >= 11 is 1.43. The highest BCUT2D eigenvalue weighted by Crippen LogP contribution is 2.28. The second-order valence-corrected chi connectivity index (χ2v) is 6.97. The molecule has 0 bridgehead atoms. The molecule has 0 atom stereocenters. The first-order valence-electron chi connectivity index (χ1n) is 8.37. The summed E-state index contributed by atoms with van der Waals surface area (Å²) < 4.78 is 5.68. The van der Waals surface area contributed by atoms with Crippen molar-refractivity contribution in [3.8, 4) is 17.0 Å². The highest BCUT2D eigenvalue weighted by atomic mass is 32.1. The van der Waals surface area contributed by atoms with Crippen molar-refractivity contribution in [3.05, 3.63) is 69.1 Å². The number of ether oxygens (including phenoxy) is 1. The summed E-state index contributed by atoms with van der Waals surface area (Å²) in [5.41, 5.74) is 7.75. The number of hydrogen-bond donors (Lipinski definition) is 1. The third kappa shape index (κ3) is 3.65. The van der Waals surface area contributed by atoms with Crippen molar-refractivity contribution >= 4 is 27.9 Å². The van der Waals surface area contributed by atoms with Crippen LogP contribution in [0.3, 0.4) is 0 Å². The third-order valence-electron chi connectivity index (χ3n) is 4.21. The second kappa shape index (κ2) is 7.16. The number of aromatic nitrogens is 1. The number of thiazole rings is 1. The van der Waals surface area contributed by atoms with Gasteiger partial charge in [0.05, 0.1) is 22.9 Å². The first kappa shape index (κ1) is 17.2. The summed E-state index contributed by atoms with van der Waals surface area (Å²) in [6.07, 6.45) is 0.726. The largest absolute Gasteiger partial charge is 0.492 e. The van der Waals surface area contributed by atoms with Crippen molar-refractivity contribution in [2.24, 2.45) is 5.10 Å². The number of fused-ring (bicyclic) bond motifs is 1. The van der Waals surface area contributed by atoms with Crippen LogP contribution in [0.25, 0.3) is 11.3 Å². The molecule has 7 nitrogen and oxygen atoms in total. The van der Waals surface area contributed by atoms with Crippen LogP contribution in [0, 0.1) is 17.0 Å². The van der Waals surface area contributed by atoms with Gasteiger partial charge in [0.25, 0.3) is 5.69 Å². The Balaban J connectivity index is 1.53. The SMILES string of the molecule is Cc1ccc2c(c1)/C(=N/Nc1nc(-c3ccc([N+](=O)[O-])cc3)cs1)CCO2. The van der Waals surface area contributed by atoms with Crippen LogP contribution in [0.1, 0.15) is 17.5 Å². The third-order valence-corrected chi connectivity index (χ3v) is 4.95. The molecule has 4 rings (SSSR count). The lowest BCUT2D eigenvalue weighted by Crippen LogP contribution is -2.17. The lowest BCUT2D eigenvalue weighted by atomic mass is 10.0. The number of anilines is 1. The van der Waals surface area contributed by atoms with Gasteiger partial charge in [-0.2, -0.15) is 5.10 Å². The summed E-state index contributed by atoms with van der Waals surface area (Å²) in [5, 5.41) is 17.8. The van der Waals surface area contributed by atoms with E-state index in [1.807, 2.05) is 24.4 Å². The van der Waals surface area contributed by atoms with Gasteiger partial charge in [-0.05, 0) is 31.2 Å². The predicted octanol–water partition coefficient (Wildman–Crippen LogP) is 4.63. The van der Waals surface area contributed by atoms with Gasteiger partial charge in [-0.15, -0.1) is 11.3 Å². The van der Waals surface area contributed by atoms with E-state index in [-0.39, 0.29) is 5.69 Å². The Morgan fingerprint density at radius 1 is 1.26 bits per heavy atom. The molecule has 1 N–H and O–H groups in total. The molecule has 0 saturated heterocycles. The predicted molar refractivity (Wildman–Crippen MR) is 106 cm³/mol. The van der Waals surface area contributed by atoms with Crippen LogP contribution in [0.15, 0.2) is 52.9 Å². The minimum Gasteiger partial charge on any atom is -0.492 e. The van der Waals surface area contributed by atoms with Crippen molar-refractivity contribution < 1.29 is 9.66 Å². The van der Waals surface area contributed by atoms with Gasteiger partial charge in [0.1, 0.15) is 5.75 Å². The van der Waals surface area contributed by atoms with Crippen LogP contribution < -0.4 is 10.2 Å². The Morgan fingerprint density at radius 3 is 2.85 bits per heavy atom. The average Bonchev–Trinajstić information content (AvgIpc) is 3.15. The fourth-order valence-electron chi connectivity index (χ4n) is 2.83. The number of nitro benzene ring substituents is 1. The van der Waals surface area contributed by atoms with E-state index in [0.717, 1.165) is 40.3 Å². The van der Waals surface area contributed by atoms with E-state index < -0.39 is 4.92 Å². The normalized spacial score (nSPS) is 14.5. The highest BCUT2D eigenvalue weighted by Gasteiger charge is 2.17. The van der Waals surface area contributed by atoms with Crippen molar-refractivity contribution in [1.29, 1.82) is 0 Å². The van der Waals surface area contributed by atoms with E-state index >= 15 is 0 Å². The molecule has 27 heavy (non-hydrogen) atoms. The molecule has 0 saturated carbocycles. The van der Waals surface area contributed by atoms with Crippen LogP contribution >= 0.6 is 11.3 Å². The van der Waals surface area contributed by atoms with E-state index in [4.69, 9.17) is 4.74 Å². The molecule has 0 fully saturated rings. The average molecular weight is 380 g/mol. The minimum absolute atomic E-state index is 0.0622. The zero-order valence-corrected chi connectivity index (χ0v) is 15.3. The Hall–Kier alpha value is -3.26. The van der Waals surface area contributed by atoms with Gasteiger partial charge in [0, 0.05) is 35.1 Å². The lowest BCUT2D eigenvalue weighted by molar-refractivity contribution is -0.384. The Kier molecular flexibility index (Phi) is 4.55. The molecule has 0 radical (unpaired) electrons. The molecule has 1 aromatic heterocycles. The van der Waals surface area contributed by atoms with Gasteiger partial charge in [-0.3, -0.25) is 15.5 Å². The summed E-state index contributed by atoms with van der Waals surface area (Å²) in [5.74, 6) is 0.845. The zero-order valence-electron chi connectivity index (χ0n) is 14.5. The Morgan fingerprint density at radius 2 is 2.07 bits per heavy atom. The fraction of sp³-hybridized carbons (Fsp3) is 0.158. The van der Waals surface area contributed by atoms with Crippen LogP contribution in [-0.4, -0.2) is 22.2 Å². The number of aryl methyl sites for hydroxylation is 1. The topological polar surface area (TPSA) is 89.7 Å². The van der Waals surface area contributed by atoms with Crippen molar-refractivity contribution in [2.75, 3.05) is 12.0 Å². The number of nitrogens with one attached hydrogen (secondary N) is 1. The van der Waals surface area contributed by atoms with Crippen molar-refractivity contribution in [1.82, 2.24) is 4.98 Å². The Labute approximate surface area is 159 Å². The van der Waals surface area contributed by atoms with E-state index in [9.17, 15) is 10.1 Å². The number of non-ortho nitro benzene ring substituents is 1. The molecule has 0 amide bonds. The first-order chi connectivity index (χ1) is 13.1. The molecule has 136 valence electrons. The van der Waals surface area contributed by atoms with Gasteiger partial charge < -0.3 is 4.74 Å². The lowest BCUT2D eigenvalue weighted by Gasteiger charge is -2.19. The van der Waals surface area contributed by atoms with Gasteiger partial charge in [0.2, 0.25) is 5.13 Å². The standard InChI is InChI=1S/C19H16N4O3S/c1-12-2-7-18-15(10-12)16(8-9-26-18)21-22-19-20-17(11-27-19)13-3-5-14(6-4-13)23(24)25/h2-7,10-11H,8-9H2,1H3,(H,20,22)/b21-16+. The number of nitrogens with zero attached hydrogens (tertiary/aromatic N) is 3. The zero-order chi connectivity index (χ0) is 18.8. The van der Waals surface area contributed by atoms with Crippen LogP contribution in [0.4, 0.5) is 10.8 Å². The molecule has 3 aromatic rings. The van der Waals surface area contributed by atoms with E-state index in [2.05, 4.69) is 21.6 Å². The van der Waals surface area contributed by atoms with Crippen LogP contribution in [0.2, 0.25) is 0 Å². The molecule has 8 heteroatoms. The summed E-state index contributed by atoms with van der Waals surface area (Å²) in [6, 6.07) is 12.4. The number of hydrazone groups is 1. The molecule has 0 spiro atoms. The molecular weight excluding hydrogens is 364 g/mol. The quantitative estimate of drug-likeness (QED) is 0.527. The van der Waals surface area contributed by atoms with E-state index in [1.165, 1.54) is 23.5 Å². The molecule has 1 aliphatic heterocycles. The first-order valence-corrected chi connectivity index (χ1v) is 9.25. The van der Waals surface area contributed by atoms with Crippen molar-refractivity contribution in [2.45, 2.75) is 13.3 Å². The van der Waals surface area contributed by atoms with Gasteiger partial charge in [-0.1, -0.05) is 11.6 Å². The minimum atomic E-state index is -0.415. The summed E-state index contributed by atoms with van der Waals surface area (Å²) in [4.78, 5) is 14.9. The molecule has 0 unspecified atom stereocenters. The fourth-order valence-corrected chi connectivity index (χ4v) is 3.49. The maximum atomic E-state index is 10.8. The maximum absolute atomic E-state index is 10.8. The van der Waals surface area contributed by atoms with Crippen LogP contribution in [-0.2, 0) is 0 Å².